The molecule has 0 saturated heterocycles. The van der Waals surface area contributed by atoms with Crippen molar-refractivity contribution in [3.63, 3.8) is 0 Å². The largest absolute Gasteiger partial charge is 0.396 e. The molecule has 0 atom stereocenters. The molecule has 0 fully saturated rings. The lowest BCUT2D eigenvalue weighted by atomic mass is 10.2. The molecule has 0 saturated carbocycles. The molecule has 0 amide bonds. The normalized spacial score (nSPS) is 11.3. The van der Waals surface area contributed by atoms with E-state index in [4.69, 9.17) is 22.5 Å². The van der Waals surface area contributed by atoms with E-state index in [2.05, 4.69) is 5.32 Å². The van der Waals surface area contributed by atoms with Crippen LogP contribution in [0.15, 0.2) is 41.3 Å². The first-order chi connectivity index (χ1) is 9.29. The summed E-state index contributed by atoms with van der Waals surface area (Å²) in [6.45, 7) is 0. The number of para-hydroxylation sites is 1. The lowest BCUT2D eigenvalue weighted by Gasteiger charge is -2.12. The summed E-state index contributed by atoms with van der Waals surface area (Å²) >= 11 is 5.66. The average molecular weight is 316 g/mol. The molecule has 0 unspecified atom stereocenters. The summed E-state index contributed by atoms with van der Waals surface area (Å²) < 4.78 is 35.8. The Balaban J connectivity index is 2.42. The van der Waals surface area contributed by atoms with Gasteiger partial charge in [0.15, 0.2) is 0 Å². The molecule has 5 nitrogen and oxygen atoms in total. The summed E-state index contributed by atoms with van der Waals surface area (Å²) in [7, 11) is -3.91. The lowest BCUT2D eigenvalue weighted by molar-refractivity contribution is 0.598. The van der Waals surface area contributed by atoms with Crippen LogP contribution in [0.25, 0.3) is 0 Å². The Hall–Kier alpha value is -1.83. The van der Waals surface area contributed by atoms with Gasteiger partial charge in [-0.3, -0.25) is 0 Å². The standard InChI is InChI=1S/C12H11ClFN3O2S/c13-8-6-7(4-5-9(8)14)17-10-2-1-3-11(12(10)15)20(16,18)19/h1-6,17H,15H2,(H2,16,18,19). The van der Waals surface area contributed by atoms with Gasteiger partial charge in [-0.2, -0.15) is 0 Å². The number of nitrogen functional groups attached to an aromatic ring is 1. The van der Waals surface area contributed by atoms with Crippen LogP contribution in [0.4, 0.5) is 21.5 Å². The van der Waals surface area contributed by atoms with Crippen LogP contribution in [0.1, 0.15) is 0 Å². The van der Waals surface area contributed by atoms with Crippen molar-refractivity contribution in [1.29, 1.82) is 0 Å². The number of anilines is 3. The number of halogens is 2. The van der Waals surface area contributed by atoms with Gasteiger partial charge in [-0.1, -0.05) is 17.7 Å². The fraction of sp³-hybridized carbons (Fsp3) is 0. The summed E-state index contributed by atoms with van der Waals surface area (Å²) in [5.41, 5.74) is 6.54. The predicted octanol–water partition coefficient (Wildman–Crippen LogP) is 2.45. The van der Waals surface area contributed by atoms with Gasteiger partial charge in [-0.25, -0.2) is 17.9 Å². The number of rotatable bonds is 3. The number of hydrogen-bond acceptors (Lipinski definition) is 4. The van der Waals surface area contributed by atoms with E-state index in [1.54, 1.807) is 6.07 Å². The molecule has 20 heavy (non-hydrogen) atoms. The minimum absolute atomic E-state index is 0.0181. The van der Waals surface area contributed by atoms with Crippen LogP contribution < -0.4 is 16.2 Å². The molecule has 8 heteroatoms. The molecule has 5 N–H and O–H groups in total. The van der Waals surface area contributed by atoms with Crippen molar-refractivity contribution in [2.24, 2.45) is 5.14 Å². The Bertz CT molecular complexity index is 765. The summed E-state index contributed by atoms with van der Waals surface area (Å²) in [6.07, 6.45) is 0. The third-order valence-corrected chi connectivity index (χ3v) is 3.83. The van der Waals surface area contributed by atoms with E-state index < -0.39 is 15.8 Å². The Labute approximate surface area is 120 Å². The van der Waals surface area contributed by atoms with E-state index in [-0.39, 0.29) is 15.6 Å². The van der Waals surface area contributed by atoms with Gasteiger partial charge < -0.3 is 11.1 Å². The van der Waals surface area contributed by atoms with Gasteiger partial charge >= 0.3 is 0 Å². The van der Waals surface area contributed by atoms with Crippen LogP contribution in [0.5, 0.6) is 0 Å². The van der Waals surface area contributed by atoms with Gasteiger partial charge in [0.2, 0.25) is 10.0 Å². The Kier molecular flexibility index (Phi) is 3.85. The van der Waals surface area contributed by atoms with Gasteiger partial charge in [-0.05, 0) is 30.3 Å². The number of nitrogens with two attached hydrogens (primary N) is 2. The molecule has 0 aliphatic carbocycles. The smallest absolute Gasteiger partial charge is 0.240 e. The molecule has 106 valence electrons. The van der Waals surface area contributed by atoms with E-state index in [0.29, 0.717) is 11.4 Å². The maximum atomic E-state index is 13.1. The topological polar surface area (TPSA) is 98.2 Å². The second kappa shape index (κ2) is 5.28. The molecule has 0 aliphatic heterocycles. The Morgan fingerprint density at radius 2 is 1.90 bits per heavy atom. The van der Waals surface area contributed by atoms with Gasteiger partial charge in [0, 0.05) is 5.69 Å². The van der Waals surface area contributed by atoms with Crippen molar-refractivity contribution in [3.8, 4) is 0 Å². The molecule has 2 aromatic carbocycles. The third kappa shape index (κ3) is 3.01. The van der Waals surface area contributed by atoms with Crippen molar-refractivity contribution in [1.82, 2.24) is 0 Å². The zero-order chi connectivity index (χ0) is 14.9. The molecular weight excluding hydrogens is 305 g/mol. The van der Waals surface area contributed by atoms with Gasteiger partial charge in [0.05, 0.1) is 16.4 Å². The molecule has 0 radical (unpaired) electrons. The lowest BCUT2D eigenvalue weighted by Crippen LogP contribution is -2.15. The molecule has 0 heterocycles. The quantitative estimate of drug-likeness (QED) is 0.758. The van der Waals surface area contributed by atoms with Crippen LogP contribution in [-0.2, 0) is 10.0 Å². The minimum Gasteiger partial charge on any atom is -0.396 e. The van der Waals surface area contributed by atoms with Crippen LogP contribution in [0.2, 0.25) is 5.02 Å². The Morgan fingerprint density at radius 1 is 1.20 bits per heavy atom. The van der Waals surface area contributed by atoms with E-state index in [9.17, 15) is 12.8 Å². The van der Waals surface area contributed by atoms with Crippen LogP contribution in [-0.4, -0.2) is 8.42 Å². The van der Waals surface area contributed by atoms with E-state index in [1.165, 1.54) is 30.3 Å². The van der Waals surface area contributed by atoms with Crippen LogP contribution in [0.3, 0.4) is 0 Å². The summed E-state index contributed by atoms with van der Waals surface area (Å²) in [6, 6.07) is 8.35. The molecule has 0 aliphatic rings. The highest BCUT2D eigenvalue weighted by atomic mass is 35.5. The fourth-order valence-electron chi connectivity index (χ4n) is 1.63. The second-order valence-corrected chi connectivity index (χ2v) is 5.95. The first kappa shape index (κ1) is 14.6. The molecule has 2 aromatic rings. The fourth-order valence-corrected chi connectivity index (χ4v) is 2.50. The third-order valence-electron chi connectivity index (χ3n) is 2.57. The summed E-state index contributed by atoms with van der Waals surface area (Å²) in [5, 5.41) is 7.86. The predicted molar refractivity (Wildman–Crippen MR) is 76.9 cm³/mol. The minimum atomic E-state index is -3.91. The highest BCUT2D eigenvalue weighted by Gasteiger charge is 2.14. The van der Waals surface area contributed by atoms with Crippen molar-refractivity contribution < 1.29 is 12.8 Å². The van der Waals surface area contributed by atoms with E-state index in [1.807, 2.05) is 0 Å². The summed E-state index contributed by atoms with van der Waals surface area (Å²) in [5.74, 6) is -0.552. The molecule has 2 rings (SSSR count). The molecule has 0 bridgehead atoms. The molecular formula is C12H11ClFN3O2S. The Morgan fingerprint density at radius 3 is 2.50 bits per heavy atom. The number of benzene rings is 2. The molecule has 0 spiro atoms. The first-order valence-electron chi connectivity index (χ1n) is 5.42. The van der Waals surface area contributed by atoms with E-state index >= 15 is 0 Å². The highest BCUT2D eigenvalue weighted by Crippen LogP contribution is 2.29. The van der Waals surface area contributed by atoms with E-state index in [0.717, 1.165) is 0 Å². The SMILES string of the molecule is Nc1c(Nc2ccc(F)c(Cl)c2)cccc1S(N)(=O)=O. The second-order valence-electron chi connectivity index (χ2n) is 4.02. The summed E-state index contributed by atoms with van der Waals surface area (Å²) in [4.78, 5) is -0.185. The van der Waals surface area contributed by atoms with Gasteiger partial charge in [-0.15, -0.1) is 0 Å². The van der Waals surface area contributed by atoms with Crippen LogP contribution in [0, 0.1) is 5.82 Å². The molecule has 0 aromatic heterocycles. The monoisotopic (exact) mass is 315 g/mol. The van der Waals surface area contributed by atoms with Crippen LogP contribution >= 0.6 is 11.6 Å². The van der Waals surface area contributed by atoms with Crippen molar-refractivity contribution in [2.75, 3.05) is 11.1 Å². The van der Waals surface area contributed by atoms with Crippen molar-refractivity contribution in [3.05, 3.63) is 47.2 Å². The maximum Gasteiger partial charge on any atom is 0.240 e. The zero-order valence-electron chi connectivity index (χ0n) is 10.1. The highest BCUT2D eigenvalue weighted by molar-refractivity contribution is 7.89. The van der Waals surface area contributed by atoms with Crippen molar-refractivity contribution in [2.45, 2.75) is 4.90 Å². The van der Waals surface area contributed by atoms with Crippen molar-refractivity contribution >= 4 is 38.7 Å². The average Bonchev–Trinajstić information content (AvgIpc) is 2.35. The first-order valence-corrected chi connectivity index (χ1v) is 7.35. The number of sulfonamides is 1. The van der Waals surface area contributed by atoms with Gasteiger partial charge in [0.25, 0.3) is 0 Å². The van der Waals surface area contributed by atoms with Gasteiger partial charge in [0.1, 0.15) is 10.7 Å². The number of nitrogens with one attached hydrogen (secondary N) is 1. The zero-order valence-corrected chi connectivity index (χ0v) is 11.7. The number of hydrogen-bond donors (Lipinski definition) is 3. The maximum absolute atomic E-state index is 13.1. The number of primary sulfonamides is 1.